The van der Waals surface area contributed by atoms with E-state index in [1.165, 1.54) is 16.9 Å². The molecule has 0 aliphatic carbocycles. The third kappa shape index (κ3) is 4.89. The average Bonchev–Trinajstić information content (AvgIpc) is 3.12. The van der Waals surface area contributed by atoms with Crippen LogP contribution in [0.4, 0.5) is 19.0 Å². The smallest absolute Gasteiger partial charge is 0.416 e. The molecule has 2 heterocycles. The Bertz CT molecular complexity index is 1020. The predicted molar refractivity (Wildman–Crippen MR) is 98.6 cm³/mol. The summed E-state index contributed by atoms with van der Waals surface area (Å²) in [5.74, 6) is -0.293. The molecule has 1 aromatic carbocycles. The monoisotopic (exact) mass is 405 g/mol. The summed E-state index contributed by atoms with van der Waals surface area (Å²) in [6.07, 6.45) is 0.187. The number of anilines is 1. The molecule has 10 heteroatoms. The van der Waals surface area contributed by atoms with Crippen molar-refractivity contribution >= 4 is 11.8 Å². The normalized spacial score (nSPS) is 11.3. The molecule has 1 N–H and O–H groups in total. The van der Waals surface area contributed by atoms with E-state index in [0.29, 0.717) is 5.56 Å². The van der Waals surface area contributed by atoms with Gasteiger partial charge in [0.25, 0.3) is 5.95 Å². The van der Waals surface area contributed by atoms with Crippen LogP contribution in [0.2, 0.25) is 0 Å². The molecule has 0 unspecified atom stereocenters. The highest BCUT2D eigenvalue weighted by atomic mass is 19.4. The van der Waals surface area contributed by atoms with Gasteiger partial charge in [0.2, 0.25) is 0 Å². The Balaban J connectivity index is 1.90. The van der Waals surface area contributed by atoms with Crippen LogP contribution in [0.15, 0.2) is 42.9 Å². The molecule has 3 rings (SSSR count). The molecular formula is C19H18F3N5O2. The van der Waals surface area contributed by atoms with E-state index in [4.69, 9.17) is 4.74 Å². The molecule has 3 aromatic rings. The quantitative estimate of drug-likeness (QED) is 0.629. The lowest BCUT2D eigenvalue weighted by atomic mass is 10.1. The van der Waals surface area contributed by atoms with E-state index in [9.17, 15) is 18.0 Å². The molecule has 0 bridgehead atoms. The number of carbonyl (C=O) groups excluding carboxylic acids is 1. The Hall–Kier alpha value is -3.43. The van der Waals surface area contributed by atoms with Crippen LogP contribution in [-0.2, 0) is 17.5 Å². The Morgan fingerprint density at radius 1 is 1.28 bits per heavy atom. The van der Waals surface area contributed by atoms with Gasteiger partial charge in [-0.2, -0.15) is 23.3 Å². The van der Waals surface area contributed by atoms with Gasteiger partial charge in [0.15, 0.2) is 0 Å². The molecule has 2 aromatic heterocycles. The lowest BCUT2D eigenvalue weighted by Gasteiger charge is -2.13. The van der Waals surface area contributed by atoms with Crippen LogP contribution < -0.4 is 5.32 Å². The Morgan fingerprint density at radius 2 is 2.07 bits per heavy atom. The highest BCUT2D eigenvalue weighted by Gasteiger charge is 2.30. The van der Waals surface area contributed by atoms with E-state index in [0.717, 1.165) is 17.7 Å². The van der Waals surface area contributed by atoms with Crippen LogP contribution in [0.3, 0.4) is 0 Å². The summed E-state index contributed by atoms with van der Waals surface area (Å²) in [6, 6.07) is 4.90. The number of halogens is 3. The molecule has 29 heavy (non-hydrogen) atoms. The van der Waals surface area contributed by atoms with Crippen molar-refractivity contribution in [2.24, 2.45) is 0 Å². The maximum absolute atomic E-state index is 12.9. The Labute approximate surface area is 164 Å². The molecular weight excluding hydrogens is 387 g/mol. The van der Waals surface area contributed by atoms with Gasteiger partial charge < -0.3 is 10.1 Å². The standard InChI is InChI=1S/C19H18F3N5O2/c1-3-29-17(28)15-10-24-18(27-11-12(2)8-25-27)26-16(15)23-9-13-5-4-6-14(7-13)19(20,21)22/h4-8,10-11H,3,9H2,1-2H3,(H,23,24,26). The van der Waals surface area contributed by atoms with Crippen molar-refractivity contribution in [3.05, 3.63) is 65.1 Å². The third-order valence-corrected chi connectivity index (χ3v) is 3.90. The van der Waals surface area contributed by atoms with Crippen molar-refractivity contribution in [2.45, 2.75) is 26.6 Å². The zero-order valence-electron chi connectivity index (χ0n) is 15.7. The number of hydrogen-bond donors (Lipinski definition) is 1. The minimum absolute atomic E-state index is 0.0188. The summed E-state index contributed by atoms with van der Waals surface area (Å²) in [5.41, 5.74) is 0.593. The summed E-state index contributed by atoms with van der Waals surface area (Å²) in [4.78, 5) is 20.6. The van der Waals surface area contributed by atoms with Gasteiger partial charge in [-0.05, 0) is 37.1 Å². The number of nitrogens with zero attached hydrogens (tertiary/aromatic N) is 4. The first kappa shape index (κ1) is 20.3. The van der Waals surface area contributed by atoms with Crippen LogP contribution >= 0.6 is 0 Å². The van der Waals surface area contributed by atoms with Crippen LogP contribution in [0.5, 0.6) is 0 Å². The van der Waals surface area contributed by atoms with Crippen molar-refractivity contribution in [1.29, 1.82) is 0 Å². The number of esters is 1. The molecule has 0 radical (unpaired) electrons. The molecule has 0 aliphatic rings. The molecule has 0 spiro atoms. The first-order valence-corrected chi connectivity index (χ1v) is 8.73. The van der Waals surface area contributed by atoms with E-state index in [-0.39, 0.29) is 30.5 Å². The van der Waals surface area contributed by atoms with E-state index in [1.54, 1.807) is 25.4 Å². The van der Waals surface area contributed by atoms with Gasteiger partial charge in [0.1, 0.15) is 11.4 Å². The number of alkyl halides is 3. The number of aromatic nitrogens is 4. The number of hydrogen-bond acceptors (Lipinski definition) is 6. The van der Waals surface area contributed by atoms with Crippen molar-refractivity contribution < 1.29 is 22.7 Å². The minimum atomic E-state index is -4.44. The largest absolute Gasteiger partial charge is 0.462 e. The zero-order chi connectivity index (χ0) is 21.0. The molecule has 0 saturated carbocycles. The Morgan fingerprint density at radius 3 is 2.72 bits per heavy atom. The van der Waals surface area contributed by atoms with E-state index < -0.39 is 17.7 Å². The van der Waals surface area contributed by atoms with E-state index >= 15 is 0 Å². The van der Waals surface area contributed by atoms with E-state index in [2.05, 4.69) is 20.4 Å². The highest BCUT2D eigenvalue weighted by Crippen LogP contribution is 2.29. The lowest BCUT2D eigenvalue weighted by molar-refractivity contribution is -0.137. The summed E-state index contributed by atoms with van der Waals surface area (Å²) in [5, 5.41) is 7.02. The number of aryl methyl sites for hydroxylation is 1. The van der Waals surface area contributed by atoms with Crippen LogP contribution in [-0.4, -0.2) is 32.3 Å². The maximum atomic E-state index is 12.9. The number of ether oxygens (including phenoxy) is 1. The van der Waals surface area contributed by atoms with Gasteiger partial charge in [0.05, 0.1) is 18.4 Å². The molecule has 7 nitrogen and oxygen atoms in total. The van der Waals surface area contributed by atoms with Gasteiger partial charge >= 0.3 is 12.1 Å². The number of rotatable bonds is 6. The second kappa shape index (κ2) is 8.29. The van der Waals surface area contributed by atoms with E-state index in [1.807, 2.05) is 6.92 Å². The maximum Gasteiger partial charge on any atom is 0.416 e. The van der Waals surface area contributed by atoms with Crippen molar-refractivity contribution in [3.63, 3.8) is 0 Å². The average molecular weight is 405 g/mol. The topological polar surface area (TPSA) is 81.9 Å². The van der Waals surface area contributed by atoms with Crippen LogP contribution in [0.25, 0.3) is 5.95 Å². The summed E-state index contributed by atoms with van der Waals surface area (Å²) >= 11 is 0. The summed E-state index contributed by atoms with van der Waals surface area (Å²) < 4.78 is 45.2. The number of benzene rings is 1. The molecule has 0 atom stereocenters. The van der Waals surface area contributed by atoms with Gasteiger partial charge in [-0.1, -0.05) is 12.1 Å². The lowest BCUT2D eigenvalue weighted by Crippen LogP contribution is -2.15. The SMILES string of the molecule is CCOC(=O)c1cnc(-n2cc(C)cn2)nc1NCc1cccc(C(F)(F)F)c1. The predicted octanol–water partition coefficient (Wildman–Crippen LogP) is 3.78. The molecule has 0 saturated heterocycles. The second-order valence-corrected chi connectivity index (χ2v) is 6.17. The van der Waals surface area contributed by atoms with Crippen molar-refractivity contribution in [2.75, 3.05) is 11.9 Å². The highest BCUT2D eigenvalue weighted by molar-refractivity contribution is 5.94. The van der Waals surface area contributed by atoms with Crippen molar-refractivity contribution in [3.8, 4) is 5.95 Å². The fourth-order valence-corrected chi connectivity index (χ4v) is 2.54. The van der Waals surface area contributed by atoms with Crippen molar-refractivity contribution in [1.82, 2.24) is 19.7 Å². The Kier molecular flexibility index (Phi) is 5.81. The molecule has 152 valence electrons. The van der Waals surface area contributed by atoms with Gasteiger partial charge in [-0.15, -0.1) is 0 Å². The minimum Gasteiger partial charge on any atom is -0.462 e. The summed E-state index contributed by atoms with van der Waals surface area (Å²) in [7, 11) is 0. The second-order valence-electron chi connectivity index (χ2n) is 6.17. The fourth-order valence-electron chi connectivity index (χ4n) is 2.54. The van der Waals surface area contributed by atoms with Gasteiger partial charge in [-0.3, -0.25) is 0 Å². The van der Waals surface area contributed by atoms with Gasteiger partial charge in [0, 0.05) is 18.9 Å². The third-order valence-electron chi connectivity index (χ3n) is 3.90. The number of carbonyl (C=O) groups is 1. The zero-order valence-corrected chi connectivity index (χ0v) is 15.7. The fraction of sp³-hybridized carbons (Fsp3) is 0.263. The first-order valence-electron chi connectivity index (χ1n) is 8.73. The van der Waals surface area contributed by atoms with Crippen LogP contribution in [0.1, 0.15) is 34.0 Å². The summed E-state index contributed by atoms with van der Waals surface area (Å²) in [6.45, 7) is 3.69. The van der Waals surface area contributed by atoms with Crippen LogP contribution in [0, 0.1) is 6.92 Å². The molecule has 0 aliphatic heterocycles. The van der Waals surface area contributed by atoms with Gasteiger partial charge in [-0.25, -0.2) is 14.5 Å². The first-order chi connectivity index (χ1) is 13.8. The number of nitrogens with one attached hydrogen (secondary N) is 1. The molecule has 0 fully saturated rings. The molecule has 0 amide bonds.